The molecule has 0 unspecified atom stereocenters. The van der Waals surface area contributed by atoms with Crippen molar-refractivity contribution >= 4 is 12.0 Å². The zero-order valence-corrected chi connectivity index (χ0v) is 12.6. The molecule has 0 bridgehead atoms. The monoisotopic (exact) mass is 290 g/mol. The van der Waals surface area contributed by atoms with E-state index in [2.05, 4.69) is 6.92 Å². The van der Waals surface area contributed by atoms with Gasteiger partial charge in [0.15, 0.2) is 0 Å². The van der Waals surface area contributed by atoms with Gasteiger partial charge in [-0.25, -0.2) is 9.59 Å². The lowest BCUT2D eigenvalue weighted by molar-refractivity contribution is 0.0696. The van der Waals surface area contributed by atoms with Crippen LogP contribution in [-0.4, -0.2) is 47.0 Å². The minimum absolute atomic E-state index is 0.0230. The lowest BCUT2D eigenvalue weighted by Crippen LogP contribution is -2.44. The van der Waals surface area contributed by atoms with Crippen molar-refractivity contribution in [1.29, 1.82) is 0 Å². The topological polar surface area (TPSA) is 60.9 Å². The van der Waals surface area contributed by atoms with Gasteiger partial charge in [-0.05, 0) is 36.1 Å². The van der Waals surface area contributed by atoms with E-state index >= 15 is 0 Å². The minimum Gasteiger partial charge on any atom is -0.478 e. The average molecular weight is 290 g/mol. The van der Waals surface area contributed by atoms with Crippen molar-refractivity contribution < 1.29 is 14.7 Å². The zero-order valence-electron chi connectivity index (χ0n) is 12.6. The summed E-state index contributed by atoms with van der Waals surface area (Å²) in [6, 6.07) is 5.20. The Balaban J connectivity index is 2.09. The van der Waals surface area contributed by atoms with E-state index in [4.69, 9.17) is 5.11 Å². The number of hydrogen-bond acceptors (Lipinski definition) is 2. The molecule has 0 radical (unpaired) electrons. The maximum absolute atomic E-state index is 12.4. The second kappa shape index (κ2) is 6.61. The molecule has 1 aromatic rings. The molecule has 1 aliphatic rings. The Morgan fingerprint density at radius 3 is 2.76 bits per heavy atom. The van der Waals surface area contributed by atoms with Gasteiger partial charge in [-0.1, -0.05) is 19.4 Å². The summed E-state index contributed by atoms with van der Waals surface area (Å²) >= 11 is 0. The molecule has 1 aromatic carbocycles. The van der Waals surface area contributed by atoms with Crippen LogP contribution in [0.4, 0.5) is 4.79 Å². The van der Waals surface area contributed by atoms with Crippen molar-refractivity contribution in [2.24, 2.45) is 0 Å². The predicted octanol–water partition coefficient (Wildman–Crippen LogP) is 2.59. The number of rotatable bonds is 4. The van der Waals surface area contributed by atoms with Gasteiger partial charge < -0.3 is 14.9 Å². The van der Waals surface area contributed by atoms with Crippen LogP contribution in [0.3, 0.4) is 0 Å². The number of nitrogens with zero attached hydrogens (tertiary/aromatic N) is 2. The molecular formula is C16H22N2O3. The van der Waals surface area contributed by atoms with E-state index < -0.39 is 5.97 Å². The number of benzene rings is 1. The molecule has 0 atom stereocenters. The highest BCUT2D eigenvalue weighted by Gasteiger charge is 2.23. The fraction of sp³-hybridized carbons (Fsp3) is 0.500. The van der Waals surface area contributed by atoms with Crippen LogP contribution in [0.1, 0.15) is 41.3 Å². The van der Waals surface area contributed by atoms with Crippen molar-refractivity contribution in [1.82, 2.24) is 9.80 Å². The fourth-order valence-electron chi connectivity index (χ4n) is 2.59. The summed E-state index contributed by atoms with van der Waals surface area (Å²) in [7, 11) is 1.82. The van der Waals surface area contributed by atoms with Crippen LogP contribution in [0.25, 0.3) is 0 Å². The Morgan fingerprint density at radius 2 is 2.10 bits per heavy atom. The van der Waals surface area contributed by atoms with E-state index in [-0.39, 0.29) is 11.6 Å². The van der Waals surface area contributed by atoms with Crippen molar-refractivity contribution in [3.63, 3.8) is 0 Å². The third-order valence-electron chi connectivity index (χ3n) is 3.91. The van der Waals surface area contributed by atoms with Gasteiger partial charge in [0, 0.05) is 26.7 Å². The van der Waals surface area contributed by atoms with Gasteiger partial charge in [-0.2, -0.15) is 0 Å². The molecule has 0 saturated carbocycles. The summed E-state index contributed by atoms with van der Waals surface area (Å²) in [5.41, 5.74) is 2.36. The van der Waals surface area contributed by atoms with E-state index in [9.17, 15) is 9.59 Å². The van der Waals surface area contributed by atoms with Crippen LogP contribution in [0, 0.1) is 0 Å². The van der Waals surface area contributed by atoms with Gasteiger partial charge in [-0.3, -0.25) is 0 Å². The van der Waals surface area contributed by atoms with Crippen molar-refractivity contribution in [2.45, 2.75) is 32.7 Å². The quantitative estimate of drug-likeness (QED) is 0.927. The first kappa shape index (κ1) is 15.4. The number of unbranched alkanes of at least 4 members (excludes halogenated alkanes) is 1. The van der Waals surface area contributed by atoms with Crippen LogP contribution in [-0.2, 0) is 13.0 Å². The zero-order chi connectivity index (χ0) is 15.4. The Labute approximate surface area is 125 Å². The third-order valence-corrected chi connectivity index (χ3v) is 3.91. The van der Waals surface area contributed by atoms with Gasteiger partial charge in [0.1, 0.15) is 0 Å². The Bertz CT molecular complexity index is 542. The lowest BCUT2D eigenvalue weighted by atomic mass is 9.97. The number of carbonyl (C=O) groups excluding carboxylic acids is 1. The minimum atomic E-state index is -0.929. The molecule has 1 aliphatic heterocycles. The van der Waals surface area contributed by atoms with Gasteiger partial charge in [-0.15, -0.1) is 0 Å². The lowest BCUT2D eigenvalue weighted by Gasteiger charge is -2.32. The smallest absolute Gasteiger partial charge is 0.335 e. The molecule has 1 heterocycles. The second-order valence-corrected chi connectivity index (χ2v) is 5.52. The van der Waals surface area contributed by atoms with Crippen molar-refractivity contribution in [3.05, 3.63) is 34.9 Å². The van der Waals surface area contributed by atoms with Crippen LogP contribution in [0.15, 0.2) is 18.2 Å². The SMILES string of the molecule is CCCCN(C)C(=O)N1CCc2ccc(C(=O)O)cc2C1. The van der Waals surface area contributed by atoms with E-state index in [1.54, 1.807) is 21.9 Å². The molecule has 0 saturated heterocycles. The molecule has 0 spiro atoms. The summed E-state index contributed by atoms with van der Waals surface area (Å²) < 4.78 is 0. The number of carboxylic acid groups (broad SMARTS) is 1. The molecule has 0 aromatic heterocycles. The summed E-state index contributed by atoms with van der Waals surface area (Å²) in [6.45, 7) is 4.04. The van der Waals surface area contributed by atoms with Crippen molar-refractivity contribution in [2.75, 3.05) is 20.1 Å². The highest BCUT2D eigenvalue weighted by Crippen LogP contribution is 2.21. The molecule has 1 N–H and O–H groups in total. The number of aromatic carboxylic acids is 1. The Kier molecular flexibility index (Phi) is 4.83. The van der Waals surface area contributed by atoms with Crippen LogP contribution in [0.2, 0.25) is 0 Å². The van der Waals surface area contributed by atoms with Gasteiger partial charge in [0.05, 0.1) is 5.56 Å². The van der Waals surface area contributed by atoms with E-state index in [1.165, 1.54) is 0 Å². The fourth-order valence-corrected chi connectivity index (χ4v) is 2.59. The number of amides is 2. The molecule has 5 heteroatoms. The average Bonchev–Trinajstić information content (AvgIpc) is 2.50. The van der Waals surface area contributed by atoms with Crippen LogP contribution < -0.4 is 0 Å². The van der Waals surface area contributed by atoms with Crippen molar-refractivity contribution in [3.8, 4) is 0 Å². The van der Waals surface area contributed by atoms with Crippen LogP contribution in [0.5, 0.6) is 0 Å². The first-order valence-corrected chi connectivity index (χ1v) is 7.38. The van der Waals surface area contributed by atoms with E-state index in [1.807, 2.05) is 13.1 Å². The van der Waals surface area contributed by atoms with Crippen LogP contribution >= 0.6 is 0 Å². The molecular weight excluding hydrogens is 268 g/mol. The maximum atomic E-state index is 12.4. The number of fused-ring (bicyclic) bond motifs is 1. The number of urea groups is 1. The molecule has 21 heavy (non-hydrogen) atoms. The molecule has 0 aliphatic carbocycles. The normalized spacial score (nSPS) is 13.7. The number of hydrogen-bond donors (Lipinski definition) is 1. The van der Waals surface area contributed by atoms with Gasteiger partial charge in [0.2, 0.25) is 0 Å². The predicted molar refractivity (Wildman–Crippen MR) is 80.4 cm³/mol. The van der Waals surface area contributed by atoms with E-state index in [0.29, 0.717) is 13.1 Å². The summed E-state index contributed by atoms with van der Waals surface area (Å²) in [5.74, 6) is -0.929. The maximum Gasteiger partial charge on any atom is 0.335 e. The number of carbonyl (C=O) groups is 2. The molecule has 114 valence electrons. The first-order valence-electron chi connectivity index (χ1n) is 7.38. The summed E-state index contributed by atoms with van der Waals surface area (Å²) in [6.07, 6.45) is 2.83. The summed E-state index contributed by atoms with van der Waals surface area (Å²) in [4.78, 5) is 26.9. The van der Waals surface area contributed by atoms with E-state index in [0.717, 1.165) is 36.9 Å². The Morgan fingerprint density at radius 1 is 1.33 bits per heavy atom. The molecule has 2 amide bonds. The standard InChI is InChI=1S/C16H22N2O3/c1-3-4-8-17(2)16(21)18-9-7-12-5-6-13(15(19)20)10-14(12)11-18/h5-6,10H,3-4,7-9,11H2,1-2H3,(H,19,20). The second-order valence-electron chi connectivity index (χ2n) is 5.52. The highest BCUT2D eigenvalue weighted by atomic mass is 16.4. The highest BCUT2D eigenvalue weighted by molar-refractivity contribution is 5.88. The summed E-state index contributed by atoms with van der Waals surface area (Å²) in [5, 5.41) is 9.06. The molecule has 2 rings (SSSR count). The largest absolute Gasteiger partial charge is 0.478 e. The Hall–Kier alpha value is -2.04. The molecule has 0 fully saturated rings. The number of carboxylic acids is 1. The first-order chi connectivity index (χ1) is 10.0. The third kappa shape index (κ3) is 3.54. The van der Waals surface area contributed by atoms with Gasteiger partial charge in [0.25, 0.3) is 0 Å². The van der Waals surface area contributed by atoms with Gasteiger partial charge >= 0.3 is 12.0 Å². The molecule has 5 nitrogen and oxygen atoms in total.